The van der Waals surface area contributed by atoms with E-state index in [1.807, 2.05) is 25.3 Å². The average molecular weight is 215 g/mol. The highest BCUT2D eigenvalue weighted by Crippen LogP contribution is 2.13. The highest BCUT2D eigenvalue weighted by molar-refractivity contribution is 7.97. The maximum Gasteiger partial charge on any atom is 0.118 e. The van der Waals surface area contributed by atoms with Gasteiger partial charge < -0.3 is 14.8 Å². The minimum absolute atomic E-state index is 0.115. The van der Waals surface area contributed by atoms with Crippen LogP contribution in [0.4, 0.5) is 0 Å². The van der Waals surface area contributed by atoms with Crippen LogP contribution in [0.25, 0.3) is 0 Å². The van der Waals surface area contributed by atoms with Gasteiger partial charge in [-0.25, -0.2) is 0 Å². The van der Waals surface area contributed by atoms with Crippen LogP contribution in [0.1, 0.15) is 18.4 Å². The summed E-state index contributed by atoms with van der Waals surface area (Å²) in [4.78, 5) is 0. The first-order valence-corrected chi connectivity index (χ1v) is 6.06. The van der Waals surface area contributed by atoms with Crippen molar-refractivity contribution in [1.29, 1.82) is 0 Å². The second-order valence-electron chi connectivity index (χ2n) is 3.27. The predicted molar refractivity (Wildman–Crippen MR) is 59.3 cm³/mol. The van der Waals surface area contributed by atoms with Crippen LogP contribution >= 0.6 is 11.8 Å². The lowest BCUT2D eigenvalue weighted by Crippen LogP contribution is -2.28. The largest absolute Gasteiger partial charge is 0.464 e. The van der Waals surface area contributed by atoms with Crippen molar-refractivity contribution in [3.05, 3.63) is 23.7 Å². The molecule has 1 heterocycles. The number of hydrogen-bond donors (Lipinski definition) is 2. The van der Waals surface area contributed by atoms with Gasteiger partial charge >= 0.3 is 0 Å². The zero-order valence-corrected chi connectivity index (χ0v) is 9.43. The highest BCUT2D eigenvalue weighted by Gasteiger charge is 2.03. The Morgan fingerprint density at radius 2 is 2.21 bits per heavy atom. The summed E-state index contributed by atoms with van der Waals surface area (Å²) in [5.74, 6) is 2.84. The fourth-order valence-corrected chi connectivity index (χ4v) is 1.52. The van der Waals surface area contributed by atoms with E-state index in [0.29, 0.717) is 6.54 Å². The molecule has 1 aromatic rings. The van der Waals surface area contributed by atoms with E-state index in [1.54, 1.807) is 11.8 Å². The fraction of sp³-hybridized carbons (Fsp3) is 0.600. The summed E-state index contributed by atoms with van der Waals surface area (Å²) in [6, 6.07) is 4.09. The lowest BCUT2D eigenvalue weighted by Gasteiger charge is -2.08. The van der Waals surface area contributed by atoms with Gasteiger partial charge in [-0.1, -0.05) is 0 Å². The van der Waals surface area contributed by atoms with Gasteiger partial charge in [0.05, 0.1) is 18.9 Å². The molecule has 0 spiro atoms. The summed E-state index contributed by atoms with van der Waals surface area (Å²) >= 11 is 1.74. The van der Waals surface area contributed by atoms with Gasteiger partial charge in [0.2, 0.25) is 0 Å². The fourth-order valence-electron chi connectivity index (χ4n) is 1.08. The summed E-state index contributed by atoms with van der Waals surface area (Å²) in [5.41, 5.74) is 0. The second-order valence-corrected chi connectivity index (χ2v) is 4.13. The number of nitrogens with one attached hydrogen (secondary N) is 1. The van der Waals surface area contributed by atoms with E-state index in [0.717, 1.165) is 17.3 Å². The van der Waals surface area contributed by atoms with Crippen molar-refractivity contribution in [3.8, 4) is 0 Å². The van der Waals surface area contributed by atoms with Crippen LogP contribution in [-0.2, 0) is 12.3 Å². The minimum Gasteiger partial charge on any atom is -0.464 e. The normalized spacial score (nSPS) is 13.1. The van der Waals surface area contributed by atoms with Gasteiger partial charge in [0.15, 0.2) is 0 Å². The molecular weight excluding hydrogens is 198 g/mol. The molecule has 0 aromatic carbocycles. The average Bonchev–Trinajstić information content (AvgIpc) is 2.63. The van der Waals surface area contributed by atoms with E-state index in [2.05, 4.69) is 5.32 Å². The molecule has 0 aliphatic rings. The van der Waals surface area contributed by atoms with E-state index >= 15 is 0 Å². The molecule has 1 atom stereocenters. The Labute approximate surface area is 88.9 Å². The summed E-state index contributed by atoms with van der Waals surface area (Å²) in [5, 5.41) is 12.0. The quantitative estimate of drug-likeness (QED) is 0.757. The number of furan rings is 1. The first kappa shape index (κ1) is 11.6. The van der Waals surface area contributed by atoms with Crippen molar-refractivity contribution in [3.63, 3.8) is 0 Å². The highest BCUT2D eigenvalue weighted by atomic mass is 32.2. The Morgan fingerprint density at radius 1 is 1.50 bits per heavy atom. The van der Waals surface area contributed by atoms with Crippen LogP contribution in [0.3, 0.4) is 0 Å². The van der Waals surface area contributed by atoms with Crippen molar-refractivity contribution in [2.75, 3.05) is 12.9 Å². The lowest BCUT2D eigenvalue weighted by atomic mass is 10.3. The summed E-state index contributed by atoms with van der Waals surface area (Å²) in [6.45, 7) is 2.76. The summed E-state index contributed by atoms with van der Waals surface area (Å²) < 4.78 is 5.55. The number of rotatable bonds is 6. The van der Waals surface area contributed by atoms with Crippen molar-refractivity contribution in [1.82, 2.24) is 5.32 Å². The molecule has 1 aromatic heterocycles. The standard InChI is InChI=1S/C10H17NO2S/c1-8(6-12)11-5-9-3-4-10(13-9)7-14-2/h3-4,8,11-12H,5-7H2,1-2H3. The number of thioether (sulfide) groups is 1. The smallest absolute Gasteiger partial charge is 0.118 e. The van der Waals surface area contributed by atoms with Crippen LogP contribution in [0, 0.1) is 0 Å². The summed E-state index contributed by atoms with van der Waals surface area (Å²) in [7, 11) is 0. The Bertz CT molecular complexity index is 262. The molecule has 0 amide bonds. The molecule has 0 radical (unpaired) electrons. The minimum atomic E-state index is 0.115. The molecule has 0 fully saturated rings. The van der Waals surface area contributed by atoms with Crippen LogP contribution in [0.5, 0.6) is 0 Å². The molecule has 2 N–H and O–H groups in total. The molecule has 3 nitrogen and oxygen atoms in total. The zero-order valence-electron chi connectivity index (χ0n) is 8.62. The molecule has 4 heteroatoms. The second kappa shape index (κ2) is 6.11. The van der Waals surface area contributed by atoms with E-state index in [9.17, 15) is 0 Å². The molecule has 14 heavy (non-hydrogen) atoms. The van der Waals surface area contributed by atoms with Gasteiger partial charge in [0.25, 0.3) is 0 Å². The first-order chi connectivity index (χ1) is 6.76. The molecular formula is C10H17NO2S. The van der Waals surface area contributed by atoms with E-state index in [4.69, 9.17) is 9.52 Å². The Morgan fingerprint density at radius 3 is 2.86 bits per heavy atom. The summed E-state index contributed by atoms with van der Waals surface area (Å²) in [6.07, 6.45) is 2.05. The molecule has 0 aliphatic carbocycles. The Kier molecular flexibility index (Phi) is 5.07. The van der Waals surface area contributed by atoms with Crippen LogP contribution in [-0.4, -0.2) is 24.0 Å². The first-order valence-electron chi connectivity index (χ1n) is 4.67. The third-order valence-electron chi connectivity index (χ3n) is 1.90. The van der Waals surface area contributed by atoms with Gasteiger partial charge in [-0.05, 0) is 25.3 Å². The van der Waals surface area contributed by atoms with Crippen LogP contribution in [0.2, 0.25) is 0 Å². The predicted octanol–water partition coefficient (Wildman–Crippen LogP) is 1.61. The molecule has 0 bridgehead atoms. The van der Waals surface area contributed by atoms with Gasteiger partial charge in [-0.15, -0.1) is 0 Å². The van der Waals surface area contributed by atoms with E-state index < -0.39 is 0 Å². The van der Waals surface area contributed by atoms with Gasteiger partial charge in [-0.2, -0.15) is 11.8 Å². The zero-order chi connectivity index (χ0) is 10.4. The SMILES string of the molecule is CSCc1ccc(CNC(C)CO)o1. The van der Waals surface area contributed by atoms with Crippen LogP contribution in [0.15, 0.2) is 16.5 Å². The van der Waals surface area contributed by atoms with E-state index in [-0.39, 0.29) is 12.6 Å². The molecule has 0 aliphatic heterocycles. The van der Waals surface area contributed by atoms with Crippen molar-refractivity contribution in [2.45, 2.75) is 25.3 Å². The Balaban J connectivity index is 2.35. The number of aliphatic hydroxyl groups excluding tert-OH is 1. The number of aliphatic hydroxyl groups is 1. The van der Waals surface area contributed by atoms with Gasteiger partial charge in [0, 0.05) is 6.04 Å². The third-order valence-corrected chi connectivity index (χ3v) is 2.48. The third kappa shape index (κ3) is 3.74. The maximum absolute atomic E-state index is 8.81. The monoisotopic (exact) mass is 215 g/mol. The van der Waals surface area contributed by atoms with Crippen LogP contribution < -0.4 is 5.32 Å². The van der Waals surface area contributed by atoms with E-state index in [1.165, 1.54) is 0 Å². The van der Waals surface area contributed by atoms with Crippen molar-refractivity contribution in [2.24, 2.45) is 0 Å². The molecule has 1 rings (SSSR count). The number of hydrogen-bond acceptors (Lipinski definition) is 4. The maximum atomic E-state index is 8.81. The topological polar surface area (TPSA) is 45.4 Å². The molecule has 0 saturated carbocycles. The molecule has 0 saturated heterocycles. The van der Waals surface area contributed by atoms with Crippen molar-refractivity contribution >= 4 is 11.8 Å². The Hall–Kier alpha value is -0.450. The van der Waals surface area contributed by atoms with Crippen molar-refractivity contribution < 1.29 is 9.52 Å². The van der Waals surface area contributed by atoms with Gasteiger partial charge in [0.1, 0.15) is 11.5 Å². The lowest BCUT2D eigenvalue weighted by molar-refractivity contribution is 0.248. The molecule has 1 unspecified atom stereocenters. The van der Waals surface area contributed by atoms with Gasteiger partial charge in [-0.3, -0.25) is 0 Å². The molecule has 80 valence electrons.